The number of hydrogen-bond acceptors (Lipinski definition) is 1. The van der Waals surface area contributed by atoms with Crippen molar-refractivity contribution in [1.29, 1.82) is 0 Å². The van der Waals surface area contributed by atoms with Gasteiger partial charge in [-0.15, -0.1) is 0 Å². The maximum absolute atomic E-state index is 5.18. The first-order chi connectivity index (χ1) is 7.75. The van der Waals surface area contributed by atoms with Crippen LogP contribution in [0.3, 0.4) is 0 Å². The molecule has 1 atom stereocenters. The minimum Gasteiger partial charge on any atom is -0.337 e. The molecule has 0 aliphatic rings. The summed E-state index contributed by atoms with van der Waals surface area (Å²) in [4.78, 5) is 3.02. The van der Waals surface area contributed by atoms with Gasteiger partial charge in [0.15, 0.2) is 4.77 Å². The predicted octanol–water partition coefficient (Wildman–Crippen LogP) is 3.42. The highest BCUT2D eigenvalue weighted by Gasteiger charge is 2.04. The zero-order valence-electron chi connectivity index (χ0n) is 9.39. The monoisotopic (exact) mass is 232 g/mol. The highest BCUT2D eigenvalue weighted by molar-refractivity contribution is 7.71. The van der Waals surface area contributed by atoms with E-state index in [-0.39, 0.29) is 0 Å². The third-order valence-electron chi connectivity index (χ3n) is 2.66. The molecule has 0 aliphatic heterocycles. The van der Waals surface area contributed by atoms with Crippen molar-refractivity contribution in [3.8, 4) is 0 Å². The van der Waals surface area contributed by atoms with Crippen LogP contribution in [0.15, 0.2) is 42.7 Å². The Morgan fingerprint density at radius 1 is 1.31 bits per heavy atom. The lowest BCUT2D eigenvalue weighted by Gasteiger charge is -2.12. The Balaban J connectivity index is 1.97. The highest BCUT2D eigenvalue weighted by Crippen LogP contribution is 2.10. The molecule has 1 N–H and O–H groups in total. The molecule has 0 bridgehead atoms. The first-order valence-corrected chi connectivity index (χ1v) is 5.94. The number of imidazole rings is 1. The van der Waals surface area contributed by atoms with E-state index >= 15 is 0 Å². The number of rotatable bonds is 4. The van der Waals surface area contributed by atoms with Crippen LogP contribution in [0.2, 0.25) is 0 Å². The largest absolute Gasteiger partial charge is 0.337 e. The summed E-state index contributed by atoms with van der Waals surface area (Å²) in [6.07, 6.45) is 4.98. The summed E-state index contributed by atoms with van der Waals surface area (Å²) < 4.78 is 2.89. The van der Waals surface area contributed by atoms with Crippen LogP contribution in [0.5, 0.6) is 0 Å². The molecule has 2 aromatic rings. The molecule has 0 saturated carbocycles. The van der Waals surface area contributed by atoms with Crippen LogP contribution in [-0.2, 0) is 13.0 Å². The standard InChI is InChI=1S/C13H16N2S/c1-11(9-12-5-3-2-4-6-12)10-15-8-7-14-13(15)16/h2-8,11H,9-10H2,1H3,(H,14,16)/t11-/m1/s1. The average Bonchev–Trinajstić information content (AvgIpc) is 2.66. The van der Waals surface area contributed by atoms with Gasteiger partial charge in [0.25, 0.3) is 0 Å². The van der Waals surface area contributed by atoms with Crippen molar-refractivity contribution in [3.05, 3.63) is 53.1 Å². The molecule has 0 aliphatic carbocycles. The van der Waals surface area contributed by atoms with E-state index in [1.165, 1.54) is 5.56 Å². The van der Waals surface area contributed by atoms with Gasteiger partial charge in [0.1, 0.15) is 0 Å². The van der Waals surface area contributed by atoms with E-state index in [0.29, 0.717) is 5.92 Å². The quantitative estimate of drug-likeness (QED) is 0.801. The van der Waals surface area contributed by atoms with Crippen molar-refractivity contribution in [3.63, 3.8) is 0 Å². The van der Waals surface area contributed by atoms with Crippen LogP contribution in [0, 0.1) is 10.7 Å². The van der Waals surface area contributed by atoms with Gasteiger partial charge in [-0.1, -0.05) is 37.3 Å². The minimum absolute atomic E-state index is 0.588. The maximum atomic E-state index is 5.18. The number of aromatic nitrogens is 2. The molecular formula is C13H16N2S. The second-order valence-corrected chi connectivity index (χ2v) is 4.60. The van der Waals surface area contributed by atoms with Crippen LogP contribution in [-0.4, -0.2) is 9.55 Å². The van der Waals surface area contributed by atoms with Gasteiger partial charge < -0.3 is 9.55 Å². The molecule has 0 amide bonds. The zero-order valence-corrected chi connectivity index (χ0v) is 10.2. The molecule has 2 nitrogen and oxygen atoms in total. The van der Waals surface area contributed by atoms with Crippen molar-refractivity contribution < 1.29 is 0 Å². The fourth-order valence-corrected chi connectivity index (χ4v) is 2.11. The van der Waals surface area contributed by atoms with Gasteiger partial charge in [0.2, 0.25) is 0 Å². The summed E-state index contributed by atoms with van der Waals surface area (Å²) in [5.41, 5.74) is 1.39. The highest BCUT2D eigenvalue weighted by atomic mass is 32.1. The Labute approximate surface area is 101 Å². The summed E-state index contributed by atoms with van der Waals surface area (Å²) in [6, 6.07) is 10.6. The minimum atomic E-state index is 0.588. The number of nitrogens with one attached hydrogen (secondary N) is 1. The van der Waals surface area contributed by atoms with Crippen molar-refractivity contribution in [2.24, 2.45) is 5.92 Å². The Bertz CT molecular complexity index is 484. The van der Waals surface area contributed by atoms with E-state index in [1.807, 2.05) is 12.4 Å². The summed E-state index contributed by atoms with van der Waals surface area (Å²) in [5.74, 6) is 0.588. The third kappa shape index (κ3) is 2.83. The maximum Gasteiger partial charge on any atom is 0.177 e. The number of hydrogen-bond donors (Lipinski definition) is 1. The first kappa shape index (κ1) is 11.1. The second kappa shape index (κ2) is 5.12. The molecule has 0 saturated heterocycles. The van der Waals surface area contributed by atoms with Crippen molar-refractivity contribution in [2.45, 2.75) is 19.9 Å². The van der Waals surface area contributed by atoms with Gasteiger partial charge in [-0.3, -0.25) is 0 Å². The van der Waals surface area contributed by atoms with E-state index in [0.717, 1.165) is 17.7 Å². The van der Waals surface area contributed by atoms with Gasteiger partial charge in [-0.2, -0.15) is 0 Å². The Hall–Kier alpha value is -1.35. The Kier molecular flexibility index (Phi) is 3.57. The van der Waals surface area contributed by atoms with E-state index in [2.05, 4.69) is 46.8 Å². The van der Waals surface area contributed by atoms with Crippen molar-refractivity contribution in [1.82, 2.24) is 9.55 Å². The summed E-state index contributed by atoms with van der Waals surface area (Å²) in [7, 11) is 0. The van der Waals surface area contributed by atoms with Crippen molar-refractivity contribution >= 4 is 12.2 Å². The number of aromatic amines is 1. The number of benzene rings is 1. The molecule has 2 rings (SSSR count). The van der Waals surface area contributed by atoms with Gasteiger partial charge in [0.05, 0.1) is 0 Å². The SMILES string of the molecule is C[C@H](Cc1ccccc1)Cn1cc[nH]c1=S. The van der Waals surface area contributed by atoms with Crippen LogP contribution < -0.4 is 0 Å². The lowest BCUT2D eigenvalue weighted by Crippen LogP contribution is -2.09. The lowest BCUT2D eigenvalue weighted by atomic mass is 10.0. The molecule has 0 fully saturated rings. The van der Waals surface area contributed by atoms with Gasteiger partial charge in [-0.05, 0) is 30.1 Å². The third-order valence-corrected chi connectivity index (χ3v) is 3.01. The molecular weight excluding hydrogens is 216 g/mol. The van der Waals surface area contributed by atoms with E-state index in [4.69, 9.17) is 12.2 Å². The van der Waals surface area contributed by atoms with E-state index in [1.54, 1.807) is 0 Å². The van der Waals surface area contributed by atoms with Crippen molar-refractivity contribution in [2.75, 3.05) is 0 Å². The summed E-state index contributed by atoms with van der Waals surface area (Å²) >= 11 is 5.18. The molecule has 1 heterocycles. The van der Waals surface area contributed by atoms with Gasteiger partial charge >= 0.3 is 0 Å². The molecule has 3 heteroatoms. The summed E-state index contributed by atoms with van der Waals surface area (Å²) in [6.45, 7) is 3.22. The fourth-order valence-electron chi connectivity index (χ4n) is 1.91. The molecule has 16 heavy (non-hydrogen) atoms. The molecule has 84 valence electrons. The van der Waals surface area contributed by atoms with Crippen LogP contribution >= 0.6 is 12.2 Å². The van der Waals surface area contributed by atoms with Gasteiger partial charge in [0, 0.05) is 18.9 Å². The first-order valence-electron chi connectivity index (χ1n) is 5.53. The van der Waals surface area contributed by atoms with E-state index < -0.39 is 0 Å². The van der Waals surface area contributed by atoms with E-state index in [9.17, 15) is 0 Å². The molecule has 0 spiro atoms. The Morgan fingerprint density at radius 2 is 2.06 bits per heavy atom. The number of nitrogens with zero attached hydrogens (tertiary/aromatic N) is 1. The van der Waals surface area contributed by atoms with Crippen LogP contribution in [0.1, 0.15) is 12.5 Å². The fraction of sp³-hybridized carbons (Fsp3) is 0.308. The number of H-pyrrole nitrogens is 1. The van der Waals surface area contributed by atoms with Gasteiger partial charge in [-0.25, -0.2) is 0 Å². The average molecular weight is 232 g/mol. The lowest BCUT2D eigenvalue weighted by molar-refractivity contribution is 0.476. The molecule has 1 aromatic carbocycles. The topological polar surface area (TPSA) is 20.7 Å². The zero-order chi connectivity index (χ0) is 11.4. The molecule has 0 radical (unpaired) electrons. The van der Waals surface area contributed by atoms with Crippen LogP contribution in [0.4, 0.5) is 0 Å². The smallest absolute Gasteiger partial charge is 0.177 e. The second-order valence-electron chi connectivity index (χ2n) is 4.21. The summed E-state index contributed by atoms with van der Waals surface area (Å²) in [5, 5.41) is 0. The normalized spacial score (nSPS) is 12.6. The van der Waals surface area contributed by atoms with Crippen LogP contribution in [0.25, 0.3) is 0 Å². The molecule has 1 aromatic heterocycles. The molecule has 0 unspecified atom stereocenters. The Morgan fingerprint density at radius 3 is 2.69 bits per heavy atom. The predicted molar refractivity (Wildman–Crippen MR) is 68.9 cm³/mol.